The molecular weight excluding hydrogens is 333 g/mol. The zero-order chi connectivity index (χ0) is 18.3. The minimum Gasteiger partial charge on any atom is -0.370 e. The molecule has 0 aliphatic heterocycles. The number of amides is 1. The Labute approximate surface area is 147 Å². The minimum absolute atomic E-state index is 0.262. The summed E-state index contributed by atoms with van der Waals surface area (Å²) in [7, 11) is 0. The number of fused-ring (bicyclic) bond motifs is 2. The molecule has 6 nitrogen and oxygen atoms in total. The van der Waals surface area contributed by atoms with Crippen molar-refractivity contribution in [3.8, 4) is 5.69 Å². The van der Waals surface area contributed by atoms with Gasteiger partial charge in [0.2, 0.25) is 0 Å². The average Bonchev–Trinajstić information content (AvgIpc) is 3.01. The summed E-state index contributed by atoms with van der Waals surface area (Å²) in [5.74, 6) is -1.31. The van der Waals surface area contributed by atoms with E-state index in [1.165, 1.54) is 12.3 Å². The molecule has 0 fully saturated rings. The van der Waals surface area contributed by atoms with Crippen molar-refractivity contribution >= 4 is 33.7 Å². The van der Waals surface area contributed by atoms with Crippen molar-refractivity contribution in [1.82, 2.24) is 14.9 Å². The summed E-state index contributed by atoms with van der Waals surface area (Å²) in [5, 5.41) is 10.9. The standard InChI is InChI=1S/C19H14FN5O/c20-14-6-3-5-12-16(8-9-23-17(12)14)25-10-13(18(26)24-19(21)22)11-4-1-2-7-15(11)25/h1-10H,(H4,21,22,24,26). The monoisotopic (exact) mass is 347 g/mol. The highest BCUT2D eigenvalue weighted by Gasteiger charge is 2.17. The molecule has 128 valence electrons. The van der Waals surface area contributed by atoms with Crippen LogP contribution in [0.4, 0.5) is 4.39 Å². The quantitative estimate of drug-likeness (QED) is 0.384. The van der Waals surface area contributed by atoms with Crippen molar-refractivity contribution < 1.29 is 9.18 Å². The predicted molar refractivity (Wildman–Crippen MR) is 97.9 cm³/mol. The molecule has 0 saturated heterocycles. The van der Waals surface area contributed by atoms with E-state index in [1.807, 2.05) is 28.8 Å². The van der Waals surface area contributed by atoms with Gasteiger partial charge in [-0.1, -0.05) is 30.3 Å². The highest BCUT2D eigenvalue weighted by molar-refractivity contribution is 6.12. The van der Waals surface area contributed by atoms with Gasteiger partial charge in [-0.3, -0.25) is 20.5 Å². The lowest BCUT2D eigenvalue weighted by Crippen LogP contribution is -2.35. The van der Waals surface area contributed by atoms with E-state index in [0.717, 1.165) is 5.52 Å². The number of para-hydroxylation sites is 2. The number of hydrogen-bond donors (Lipinski definition) is 3. The molecule has 0 radical (unpaired) electrons. The Bertz CT molecular complexity index is 1180. The second kappa shape index (κ2) is 5.96. The smallest absolute Gasteiger partial charge is 0.260 e. The molecule has 4 rings (SSSR count). The number of nitrogens with zero attached hydrogens (tertiary/aromatic N) is 2. The van der Waals surface area contributed by atoms with Gasteiger partial charge in [-0.05, 0) is 18.2 Å². The first-order chi connectivity index (χ1) is 12.6. The molecule has 4 aromatic rings. The number of carbonyl (C=O) groups excluding carboxylic acids is 1. The van der Waals surface area contributed by atoms with E-state index in [2.05, 4.69) is 10.3 Å². The van der Waals surface area contributed by atoms with E-state index < -0.39 is 17.7 Å². The van der Waals surface area contributed by atoms with Crippen LogP contribution in [0.5, 0.6) is 0 Å². The maximum absolute atomic E-state index is 14.1. The number of halogens is 1. The molecule has 0 aliphatic carbocycles. The molecular formula is C19H14FN5O. The van der Waals surface area contributed by atoms with Crippen molar-refractivity contribution in [1.29, 1.82) is 5.41 Å². The van der Waals surface area contributed by atoms with Gasteiger partial charge in [0.05, 0.1) is 16.8 Å². The number of hydrogen-bond acceptors (Lipinski definition) is 3. The van der Waals surface area contributed by atoms with Crippen LogP contribution in [0, 0.1) is 11.2 Å². The van der Waals surface area contributed by atoms with Crippen LogP contribution >= 0.6 is 0 Å². The van der Waals surface area contributed by atoms with Crippen LogP contribution in [0.25, 0.3) is 27.5 Å². The summed E-state index contributed by atoms with van der Waals surface area (Å²) >= 11 is 0. The number of pyridine rings is 1. The van der Waals surface area contributed by atoms with E-state index in [4.69, 9.17) is 11.1 Å². The summed E-state index contributed by atoms with van der Waals surface area (Å²) in [6.07, 6.45) is 3.19. The van der Waals surface area contributed by atoms with E-state index in [0.29, 0.717) is 22.0 Å². The summed E-state index contributed by atoms with van der Waals surface area (Å²) < 4.78 is 15.9. The van der Waals surface area contributed by atoms with E-state index in [-0.39, 0.29) is 5.52 Å². The topological polar surface area (TPSA) is 96.8 Å². The Kier molecular flexibility index (Phi) is 3.62. The summed E-state index contributed by atoms with van der Waals surface area (Å²) in [4.78, 5) is 16.5. The van der Waals surface area contributed by atoms with Gasteiger partial charge < -0.3 is 10.3 Å². The number of nitrogens with one attached hydrogen (secondary N) is 2. The molecule has 0 atom stereocenters. The number of guanidine groups is 1. The number of aromatic nitrogens is 2. The highest BCUT2D eigenvalue weighted by atomic mass is 19.1. The Morgan fingerprint density at radius 3 is 2.69 bits per heavy atom. The van der Waals surface area contributed by atoms with Crippen molar-refractivity contribution in [3.63, 3.8) is 0 Å². The third-order valence-corrected chi connectivity index (χ3v) is 4.16. The lowest BCUT2D eigenvalue weighted by Gasteiger charge is -2.09. The van der Waals surface area contributed by atoms with Crippen LogP contribution in [0.2, 0.25) is 0 Å². The van der Waals surface area contributed by atoms with Gasteiger partial charge in [-0.15, -0.1) is 0 Å². The minimum atomic E-state index is -0.475. The largest absolute Gasteiger partial charge is 0.370 e. The van der Waals surface area contributed by atoms with E-state index >= 15 is 0 Å². The maximum atomic E-state index is 14.1. The summed E-state index contributed by atoms with van der Waals surface area (Å²) in [6, 6.07) is 13.9. The third-order valence-electron chi connectivity index (χ3n) is 4.16. The van der Waals surface area contributed by atoms with Gasteiger partial charge in [0.25, 0.3) is 5.91 Å². The van der Waals surface area contributed by atoms with Gasteiger partial charge in [-0.2, -0.15) is 0 Å². The predicted octanol–water partition coefficient (Wildman–Crippen LogP) is 2.94. The Morgan fingerprint density at radius 1 is 1.12 bits per heavy atom. The molecule has 7 heteroatoms. The molecule has 0 bridgehead atoms. The molecule has 0 aliphatic rings. The Hall–Kier alpha value is -3.74. The second-order valence-corrected chi connectivity index (χ2v) is 5.76. The van der Waals surface area contributed by atoms with Crippen molar-refractivity contribution in [2.24, 2.45) is 5.73 Å². The highest BCUT2D eigenvalue weighted by Crippen LogP contribution is 2.29. The number of benzene rings is 2. The molecule has 2 aromatic heterocycles. The lowest BCUT2D eigenvalue weighted by atomic mass is 10.1. The second-order valence-electron chi connectivity index (χ2n) is 5.76. The SMILES string of the molecule is N=C(N)NC(=O)c1cn(-c2ccnc3c(F)cccc23)c2ccccc12. The third kappa shape index (κ3) is 2.46. The van der Waals surface area contributed by atoms with E-state index in [1.54, 1.807) is 24.4 Å². The molecule has 1 amide bonds. The van der Waals surface area contributed by atoms with Crippen molar-refractivity contribution in [2.75, 3.05) is 0 Å². The van der Waals surface area contributed by atoms with E-state index in [9.17, 15) is 9.18 Å². The molecule has 2 aromatic carbocycles. The van der Waals surface area contributed by atoms with Gasteiger partial charge in [0, 0.05) is 23.2 Å². The first-order valence-corrected chi connectivity index (χ1v) is 7.85. The lowest BCUT2D eigenvalue weighted by molar-refractivity contribution is 0.0978. The summed E-state index contributed by atoms with van der Waals surface area (Å²) in [6.45, 7) is 0. The van der Waals surface area contributed by atoms with Crippen LogP contribution in [-0.2, 0) is 0 Å². The molecule has 26 heavy (non-hydrogen) atoms. The molecule has 2 heterocycles. The maximum Gasteiger partial charge on any atom is 0.260 e. The first kappa shape index (κ1) is 15.8. The van der Waals surface area contributed by atoms with Crippen LogP contribution in [0.15, 0.2) is 60.9 Å². The number of carbonyl (C=O) groups is 1. The average molecular weight is 347 g/mol. The normalized spacial score (nSPS) is 11.0. The Morgan fingerprint density at radius 2 is 1.88 bits per heavy atom. The van der Waals surface area contributed by atoms with Crippen LogP contribution in [0.1, 0.15) is 10.4 Å². The zero-order valence-corrected chi connectivity index (χ0v) is 13.5. The van der Waals surface area contributed by atoms with Gasteiger partial charge in [0.15, 0.2) is 5.96 Å². The van der Waals surface area contributed by atoms with Gasteiger partial charge in [0.1, 0.15) is 11.3 Å². The Balaban J connectivity index is 2.01. The molecule has 0 spiro atoms. The van der Waals surface area contributed by atoms with Gasteiger partial charge >= 0.3 is 0 Å². The van der Waals surface area contributed by atoms with Crippen LogP contribution in [0.3, 0.4) is 0 Å². The molecule has 0 saturated carbocycles. The summed E-state index contributed by atoms with van der Waals surface area (Å²) in [5.41, 5.74) is 7.39. The fourth-order valence-corrected chi connectivity index (χ4v) is 3.09. The van der Waals surface area contributed by atoms with Gasteiger partial charge in [-0.25, -0.2) is 4.39 Å². The zero-order valence-electron chi connectivity index (χ0n) is 13.5. The fourth-order valence-electron chi connectivity index (χ4n) is 3.09. The van der Waals surface area contributed by atoms with Crippen LogP contribution < -0.4 is 11.1 Å². The van der Waals surface area contributed by atoms with Crippen molar-refractivity contribution in [2.45, 2.75) is 0 Å². The fraction of sp³-hybridized carbons (Fsp3) is 0. The molecule has 4 N–H and O–H groups in total. The van der Waals surface area contributed by atoms with Crippen LogP contribution in [-0.4, -0.2) is 21.4 Å². The number of rotatable bonds is 2. The van der Waals surface area contributed by atoms with Crippen molar-refractivity contribution in [3.05, 3.63) is 72.3 Å². The number of nitrogens with two attached hydrogens (primary N) is 1. The first-order valence-electron chi connectivity index (χ1n) is 7.85. The molecule has 0 unspecified atom stereocenters.